The van der Waals surface area contributed by atoms with Crippen molar-refractivity contribution in [1.29, 1.82) is 0 Å². The number of Topliss-reactive ketones (excluding diaryl/α,β-unsaturated/α-hetero) is 1. The lowest BCUT2D eigenvalue weighted by Gasteiger charge is -2.52. The number of hydrogen-bond acceptors (Lipinski definition) is 5. The van der Waals surface area contributed by atoms with Crippen molar-refractivity contribution >= 4 is 34.9 Å². The van der Waals surface area contributed by atoms with Crippen LogP contribution in [-0.4, -0.2) is 78.9 Å². The summed E-state index contributed by atoms with van der Waals surface area (Å²) >= 11 is 12.7. The van der Waals surface area contributed by atoms with Gasteiger partial charge in [-0.05, 0) is 94.6 Å². The summed E-state index contributed by atoms with van der Waals surface area (Å²) in [5.74, 6) is 0.590. The molecular formula is C35H50Cl2N4O2. The van der Waals surface area contributed by atoms with Crippen molar-refractivity contribution < 1.29 is 9.59 Å². The summed E-state index contributed by atoms with van der Waals surface area (Å²) in [6.45, 7) is 9.67. The molecule has 2 aliphatic heterocycles. The van der Waals surface area contributed by atoms with Gasteiger partial charge in [0.2, 0.25) is 5.91 Å². The van der Waals surface area contributed by atoms with Crippen LogP contribution in [0.2, 0.25) is 10.0 Å². The molecule has 2 N–H and O–H groups in total. The number of nitrogens with zero attached hydrogens (tertiary/aromatic N) is 2. The summed E-state index contributed by atoms with van der Waals surface area (Å²) < 4.78 is 0. The van der Waals surface area contributed by atoms with Crippen molar-refractivity contribution in [2.24, 2.45) is 0 Å². The highest BCUT2D eigenvalue weighted by molar-refractivity contribution is 6.42. The number of halogens is 2. The zero-order chi connectivity index (χ0) is 30.7. The molecule has 2 heterocycles. The number of nitrogens with one attached hydrogen (secondary N) is 2. The molecule has 43 heavy (non-hydrogen) atoms. The Labute approximate surface area is 268 Å². The third kappa shape index (κ3) is 8.82. The van der Waals surface area contributed by atoms with E-state index in [-0.39, 0.29) is 18.2 Å². The van der Waals surface area contributed by atoms with Crippen molar-refractivity contribution in [2.45, 2.75) is 89.1 Å². The molecule has 2 atom stereocenters. The average Bonchev–Trinajstić information content (AvgIpc) is 3.04. The maximum Gasteiger partial charge on any atom is 0.243 e. The van der Waals surface area contributed by atoms with Crippen LogP contribution in [0.1, 0.15) is 93.5 Å². The van der Waals surface area contributed by atoms with Gasteiger partial charge in [0.05, 0.1) is 16.6 Å². The number of benzene rings is 2. The maximum absolute atomic E-state index is 14.4. The van der Waals surface area contributed by atoms with Gasteiger partial charge in [0.1, 0.15) is 5.54 Å². The molecule has 0 radical (unpaired) electrons. The molecule has 2 fully saturated rings. The Balaban J connectivity index is 1.52. The lowest BCUT2D eigenvalue weighted by Crippen LogP contribution is -2.66. The van der Waals surface area contributed by atoms with E-state index >= 15 is 0 Å². The number of rotatable bonds is 15. The van der Waals surface area contributed by atoms with E-state index in [1.165, 1.54) is 6.42 Å². The van der Waals surface area contributed by atoms with Crippen LogP contribution in [0.15, 0.2) is 48.5 Å². The van der Waals surface area contributed by atoms with Gasteiger partial charge in [-0.2, -0.15) is 0 Å². The van der Waals surface area contributed by atoms with Gasteiger partial charge < -0.3 is 15.5 Å². The lowest BCUT2D eigenvalue weighted by molar-refractivity contribution is -0.151. The van der Waals surface area contributed by atoms with Crippen LogP contribution in [0, 0.1) is 0 Å². The molecule has 0 saturated carbocycles. The summed E-state index contributed by atoms with van der Waals surface area (Å²) in [4.78, 5) is 31.9. The minimum absolute atomic E-state index is 0.0852. The molecule has 0 aliphatic carbocycles. The van der Waals surface area contributed by atoms with E-state index in [1.54, 1.807) is 0 Å². The molecule has 2 aliphatic rings. The average molecular weight is 630 g/mol. The number of piperidine rings is 2. The number of carbonyl (C=O) groups excluding carboxylic acids is 2. The number of ketones is 1. The Morgan fingerprint density at radius 2 is 1.74 bits per heavy atom. The van der Waals surface area contributed by atoms with Gasteiger partial charge in [0, 0.05) is 31.2 Å². The minimum Gasteiger partial charge on any atom is -0.341 e. The highest BCUT2D eigenvalue weighted by Crippen LogP contribution is 2.38. The molecule has 236 valence electrons. The van der Waals surface area contributed by atoms with E-state index in [1.807, 2.05) is 42.5 Å². The van der Waals surface area contributed by atoms with Crippen molar-refractivity contribution in [3.8, 4) is 0 Å². The summed E-state index contributed by atoms with van der Waals surface area (Å²) in [7, 11) is 0. The first-order chi connectivity index (χ1) is 20.9. The van der Waals surface area contributed by atoms with E-state index in [2.05, 4.69) is 40.3 Å². The Hall–Kier alpha value is -1.96. The van der Waals surface area contributed by atoms with Crippen LogP contribution >= 0.6 is 23.2 Å². The van der Waals surface area contributed by atoms with Gasteiger partial charge >= 0.3 is 0 Å². The largest absolute Gasteiger partial charge is 0.341 e. The first kappa shape index (κ1) is 33.9. The molecule has 2 unspecified atom stereocenters. The second-order valence-corrected chi connectivity index (χ2v) is 13.1. The topological polar surface area (TPSA) is 64.7 Å². The summed E-state index contributed by atoms with van der Waals surface area (Å²) in [6.07, 6.45) is 9.06. The van der Waals surface area contributed by atoms with Crippen molar-refractivity contribution in [1.82, 2.24) is 20.4 Å². The van der Waals surface area contributed by atoms with Crippen molar-refractivity contribution in [3.05, 3.63) is 69.7 Å². The summed E-state index contributed by atoms with van der Waals surface area (Å²) in [5, 5.41) is 8.06. The zero-order valence-electron chi connectivity index (χ0n) is 26.1. The minimum atomic E-state index is -0.430. The van der Waals surface area contributed by atoms with Gasteiger partial charge in [-0.1, -0.05) is 79.9 Å². The Kier molecular flexibility index (Phi) is 13.4. The first-order valence-electron chi connectivity index (χ1n) is 16.4. The molecule has 4 rings (SSSR count). The SMILES string of the molecule is CCCN(CCC)C(=O)C1(N2CCCCC2CCC(CNCC(=O)c2ccccc2)c2ccc(Cl)c(Cl)c2)CCNCC1. The molecule has 2 aromatic carbocycles. The number of hydrogen-bond donors (Lipinski definition) is 2. The number of carbonyl (C=O) groups is 2. The first-order valence-corrected chi connectivity index (χ1v) is 17.2. The van der Waals surface area contributed by atoms with Crippen LogP contribution in [0.25, 0.3) is 0 Å². The van der Waals surface area contributed by atoms with E-state index < -0.39 is 5.54 Å². The number of likely N-dealkylation sites (tertiary alicyclic amines) is 1. The van der Waals surface area contributed by atoms with Crippen LogP contribution in [-0.2, 0) is 4.79 Å². The monoisotopic (exact) mass is 628 g/mol. The molecule has 2 aromatic rings. The Bertz CT molecular complexity index is 1170. The molecule has 1 amide bonds. The maximum atomic E-state index is 14.4. The molecule has 2 saturated heterocycles. The van der Waals surface area contributed by atoms with Gasteiger partial charge in [-0.3, -0.25) is 14.5 Å². The highest BCUT2D eigenvalue weighted by Gasteiger charge is 2.49. The van der Waals surface area contributed by atoms with Crippen LogP contribution in [0.3, 0.4) is 0 Å². The van der Waals surface area contributed by atoms with Crippen LogP contribution < -0.4 is 10.6 Å². The van der Waals surface area contributed by atoms with E-state index in [9.17, 15) is 9.59 Å². The van der Waals surface area contributed by atoms with Crippen LogP contribution in [0.4, 0.5) is 0 Å². The third-order valence-corrected chi connectivity index (χ3v) is 10.1. The van der Waals surface area contributed by atoms with E-state index in [4.69, 9.17) is 23.2 Å². The summed E-state index contributed by atoms with van der Waals surface area (Å²) in [5.41, 5.74) is 1.41. The lowest BCUT2D eigenvalue weighted by atomic mass is 9.79. The van der Waals surface area contributed by atoms with E-state index in [0.29, 0.717) is 28.5 Å². The second kappa shape index (κ2) is 16.9. The van der Waals surface area contributed by atoms with Crippen molar-refractivity contribution in [2.75, 3.05) is 45.8 Å². The second-order valence-electron chi connectivity index (χ2n) is 12.3. The quantitative estimate of drug-likeness (QED) is 0.209. The molecule has 0 bridgehead atoms. The molecule has 8 heteroatoms. The normalized spacial score (nSPS) is 19.6. The fourth-order valence-electron chi connectivity index (χ4n) is 7.11. The Morgan fingerprint density at radius 1 is 1.02 bits per heavy atom. The fraction of sp³-hybridized carbons (Fsp3) is 0.600. The van der Waals surface area contributed by atoms with E-state index in [0.717, 1.165) is 95.2 Å². The standard InChI is InChI=1S/C35H50Cl2N4O2/c1-3-21-40(22-4-2)34(43)35(17-19-38-20-18-35)41-23-9-8-12-30(41)15-13-29(28-14-16-31(36)32(37)24-28)25-39-26-33(42)27-10-6-5-7-11-27/h5-7,10-11,14,16,24,29-30,38-39H,3-4,8-9,12-13,15,17-23,25-26H2,1-2H3. The predicted octanol–water partition coefficient (Wildman–Crippen LogP) is 6.96. The number of amides is 1. The molecule has 0 aromatic heterocycles. The highest BCUT2D eigenvalue weighted by atomic mass is 35.5. The van der Waals surface area contributed by atoms with Gasteiger partial charge in [0.15, 0.2) is 5.78 Å². The molecule has 6 nitrogen and oxygen atoms in total. The van der Waals surface area contributed by atoms with Crippen LogP contribution in [0.5, 0.6) is 0 Å². The predicted molar refractivity (Wildman–Crippen MR) is 178 cm³/mol. The summed E-state index contributed by atoms with van der Waals surface area (Å²) in [6, 6.07) is 15.7. The van der Waals surface area contributed by atoms with Gasteiger partial charge in [-0.15, -0.1) is 0 Å². The zero-order valence-corrected chi connectivity index (χ0v) is 27.6. The smallest absolute Gasteiger partial charge is 0.243 e. The molecule has 0 spiro atoms. The Morgan fingerprint density at radius 3 is 2.42 bits per heavy atom. The van der Waals surface area contributed by atoms with Gasteiger partial charge in [-0.25, -0.2) is 0 Å². The third-order valence-electron chi connectivity index (χ3n) is 9.32. The van der Waals surface area contributed by atoms with Crippen molar-refractivity contribution in [3.63, 3.8) is 0 Å². The fourth-order valence-corrected chi connectivity index (χ4v) is 7.42. The molecular weight excluding hydrogens is 579 g/mol. The van der Waals surface area contributed by atoms with Gasteiger partial charge in [0.25, 0.3) is 0 Å².